The Labute approximate surface area is 292 Å². The van der Waals surface area contributed by atoms with Crippen LogP contribution < -0.4 is 10.6 Å². The van der Waals surface area contributed by atoms with E-state index in [1.165, 1.54) is 0 Å². The van der Waals surface area contributed by atoms with Gasteiger partial charge in [0.15, 0.2) is 0 Å². The summed E-state index contributed by atoms with van der Waals surface area (Å²) in [5.74, 6) is -0.283. The number of hydrogen-bond acceptors (Lipinski definition) is 4. The van der Waals surface area contributed by atoms with Crippen LogP contribution in [0.2, 0.25) is 0 Å². The van der Waals surface area contributed by atoms with Crippen molar-refractivity contribution in [2.45, 2.75) is 49.4 Å². The molecule has 0 bridgehead atoms. The molecule has 2 aliphatic carbocycles. The number of amides is 4. The molecule has 8 nitrogen and oxygen atoms in total. The quantitative estimate of drug-likeness (QED) is 0.216. The van der Waals surface area contributed by atoms with Crippen molar-refractivity contribution in [3.05, 3.63) is 120 Å². The van der Waals surface area contributed by atoms with Crippen LogP contribution in [-0.4, -0.2) is 59.6 Å². The van der Waals surface area contributed by atoms with Crippen molar-refractivity contribution in [3.63, 3.8) is 0 Å². The van der Waals surface area contributed by atoms with E-state index in [1.807, 2.05) is 119 Å². The van der Waals surface area contributed by atoms with Gasteiger partial charge in [-0.25, -0.2) is 0 Å². The van der Waals surface area contributed by atoms with Gasteiger partial charge in [-0.2, -0.15) is 0 Å². The van der Waals surface area contributed by atoms with Gasteiger partial charge in [-0.05, 0) is 85.0 Å². The first-order valence-corrected chi connectivity index (χ1v) is 17.9. The lowest BCUT2D eigenvalue weighted by Gasteiger charge is -2.23. The predicted molar refractivity (Wildman–Crippen MR) is 193 cm³/mol. The molecule has 4 fully saturated rings. The number of nitrogens with one attached hydrogen (secondary N) is 2. The summed E-state index contributed by atoms with van der Waals surface area (Å²) in [6, 6.07) is 35.5. The number of carbonyl (C=O) groups excluding carboxylic acids is 4. The van der Waals surface area contributed by atoms with Crippen LogP contribution in [0.15, 0.2) is 109 Å². The Balaban J connectivity index is 0.818. The third-order valence-corrected chi connectivity index (χ3v) is 11.3. The van der Waals surface area contributed by atoms with Gasteiger partial charge in [0, 0.05) is 37.6 Å². The smallest absolute Gasteiger partial charge is 0.233 e. The molecule has 254 valence electrons. The number of anilines is 2. The average Bonchev–Trinajstić information content (AvgIpc) is 4.04. The molecule has 2 saturated carbocycles. The molecule has 0 aromatic heterocycles. The maximum atomic E-state index is 13.4. The van der Waals surface area contributed by atoms with E-state index in [9.17, 15) is 19.2 Å². The summed E-state index contributed by atoms with van der Waals surface area (Å²) < 4.78 is 0. The maximum absolute atomic E-state index is 13.4. The van der Waals surface area contributed by atoms with Crippen molar-refractivity contribution in [1.29, 1.82) is 0 Å². The second kappa shape index (κ2) is 12.9. The summed E-state index contributed by atoms with van der Waals surface area (Å²) in [4.78, 5) is 56.9. The molecule has 4 amide bonds. The topological polar surface area (TPSA) is 98.8 Å². The van der Waals surface area contributed by atoms with Crippen LogP contribution in [0.25, 0.3) is 11.1 Å². The number of carbonyl (C=O) groups is 4. The van der Waals surface area contributed by atoms with Gasteiger partial charge in [0.1, 0.15) is 0 Å². The number of benzene rings is 4. The molecule has 0 radical (unpaired) electrons. The fourth-order valence-corrected chi connectivity index (χ4v) is 7.92. The lowest BCUT2D eigenvalue weighted by molar-refractivity contribution is -0.134. The van der Waals surface area contributed by atoms with E-state index in [2.05, 4.69) is 10.6 Å². The van der Waals surface area contributed by atoms with Crippen molar-refractivity contribution >= 4 is 35.0 Å². The molecule has 4 aromatic carbocycles. The van der Waals surface area contributed by atoms with Crippen LogP contribution in [-0.2, 0) is 30.0 Å². The Morgan fingerprint density at radius 1 is 0.500 bits per heavy atom. The number of nitrogens with zero attached hydrogens (tertiary/aromatic N) is 2. The normalized spacial score (nSPS) is 21.4. The van der Waals surface area contributed by atoms with E-state index in [4.69, 9.17) is 0 Å². The fourth-order valence-electron chi connectivity index (χ4n) is 7.92. The minimum atomic E-state index is -0.409. The molecule has 2 aliphatic heterocycles. The SMILES string of the molecule is O=C(Nc1ccc(-c2ccc(NC(=O)[C@H]3CCN(C(=O)C4(c5ccccc5)CC4)C3)cc2)cc1)[C@@H]1CCN(C(=O)C2(c3ccccc3)CC2)C1. The molecule has 4 aliphatic rings. The summed E-state index contributed by atoms with van der Waals surface area (Å²) in [5.41, 5.74) is 4.76. The summed E-state index contributed by atoms with van der Waals surface area (Å²) in [6.45, 7) is 2.11. The number of hydrogen-bond donors (Lipinski definition) is 2. The van der Waals surface area contributed by atoms with Gasteiger partial charge in [0.2, 0.25) is 23.6 Å². The van der Waals surface area contributed by atoms with Crippen molar-refractivity contribution in [2.75, 3.05) is 36.8 Å². The zero-order valence-corrected chi connectivity index (χ0v) is 28.1. The Morgan fingerprint density at radius 3 is 1.20 bits per heavy atom. The van der Waals surface area contributed by atoms with Gasteiger partial charge in [-0.15, -0.1) is 0 Å². The molecule has 2 atom stereocenters. The standard InChI is InChI=1S/C42H42N4O4/c47-37(31-19-25-45(27-31)39(49)41(21-22-41)33-7-3-1-4-8-33)43-35-15-11-29(12-16-35)30-13-17-36(18-14-30)44-38(48)32-20-26-46(28-32)40(50)42(23-24-42)34-9-5-2-6-10-34/h1-18,31-32H,19-28H2,(H,43,47)(H,44,48)/t31-,32+. The largest absolute Gasteiger partial charge is 0.341 e. The highest BCUT2D eigenvalue weighted by Crippen LogP contribution is 2.51. The molecule has 50 heavy (non-hydrogen) atoms. The van der Waals surface area contributed by atoms with E-state index in [0.717, 1.165) is 59.3 Å². The van der Waals surface area contributed by atoms with Crippen LogP contribution in [0.1, 0.15) is 49.7 Å². The Bertz CT molecular complexity index is 1760. The lowest BCUT2D eigenvalue weighted by Crippen LogP contribution is -2.38. The zero-order chi connectivity index (χ0) is 34.3. The lowest BCUT2D eigenvalue weighted by atomic mass is 9.94. The second-order valence-corrected chi connectivity index (χ2v) is 14.5. The highest BCUT2D eigenvalue weighted by Gasteiger charge is 2.55. The third-order valence-electron chi connectivity index (χ3n) is 11.3. The van der Waals surface area contributed by atoms with Gasteiger partial charge in [0.25, 0.3) is 0 Å². The molecular formula is C42H42N4O4. The predicted octanol–water partition coefficient (Wildman–Crippen LogP) is 6.39. The minimum Gasteiger partial charge on any atom is -0.341 e. The van der Waals surface area contributed by atoms with Crippen molar-refractivity contribution in [3.8, 4) is 11.1 Å². The highest BCUT2D eigenvalue weighted by molar-refractivity contribution is 5.97. The second-order valence-electron chi connectivity index (χ2n) is 14.5. The highest BCUT2D eigenvalue weighted by atomic mass is 16.2. The van der Waals surface area contributed by atoms with Crippen molar-refractivity contribution in [1.82, 2.24) is 9.80 Å². The number of rotatable bonds is 9. The Morgan fingerprint density at radius 2 is 0.860 bits per heavy atom. The molecule has 2 saturated heterocycles. The van der Waals surface area contributed by atoms with E-state index in [-0.39, 0.29) is 35.5 Å². The van der Waals surface area contributed by atoms with Crippen LogP contribution in [0.4, 0.5) is 11.4 Å². The Hall–Kier alpha value is -5.24. The van der Waals surface area contributed by atoms with Gasteiger partial charge >= 0.3 is 0 Å². The third kappa shape index (κ3) is 6.08. The van der Waals surface area contributed by atoms with Gasteiger partial charge < -0.3 is 20.4 Å². The van der Waals surface area contributed by atoms with Crippen LogP contribution >= 0.6 is 0 Å². The first kappa shape index (κ1) is 32.0. The molecular weight excluding hydrogens is 624 g/mol. The molecule has 2 N–H and O–H groups in total. The van der Waals surface area contributed by atoms with Crippen LogP contribution in [0.5, 0.6) is 0 Å². The van der Waals surface area contributed by atoms with Crippen LogP contribution in [0.3, 0.4) is 0 Å². The zero-order valence-electron chi connectivity index (χ0n) is 28.1. The number of likely N-dealkylation sites (tertiary alicyclic amines) is 2. The average molecular weight is 667 g/mol. The minimum absolute atomic E-state index is 0.0595. The van der Waals surface area contributed by atoms with E-state index in [0.29, 0.717) is 39.0 Å². The molecule has 2 heterocycles. The molecule has 4 aromatic rings. The summed E-state index contributed by atoms with van der Waals surface area (Å²) in [7, 11) is 0. The van der Waals surface area contributed by atoms with Gasteiger partial charge in [0.05, 0.1) is 22.7 Å². The molecule has 0 unspecified atom stereocenters. The maximum Gasteiger partial charge on any atom is 0.233 e. The first-order chi connectivity index (χ1) is 24.3. The van der Waals surface area contributed by atoms with Crippen LogP contribution in [0, 0.1) is 11.8 Å². The molecule has 8 heteroatoms. The summed E-state index contributed by atoms with van der Waals surface area (Å²) in [6.07, 6.45) is 4.79. The monoisotopic (exact) mass is 666 g/mol. The molecule has 0 spiro atoms. The van der Waals surface area contributed by atoms with Gasteiger partial charge in [-0.1, -0.05) is 84.9 Å². The molecule has 8 rings (SSSR count). The first-order valence-electron chi connectivity index (χ1n) is 17.9. The van der Waals surface area contributed by atoms with E-state index < -0.39 is 10.8 Å². The summed E-state index contributed by atoms with van der Waals surface area (Å²) in [5, 5.41) is 6.09. The van der Waals surface area contributed by atoms with Crippen molar-refractivity contribution in [2.24, 2.45) is 11.8 Å². The van der Waals surface area contributed by atoms with Crippen molar-refractivity contribution < 1.29 is 19.2 Å². The van der Waals surface area contributed by atoms with Gasteiger partial charge in [-0.3, -0.25) is 19.2 Å². The van der Waals surface area contributed by atoms with E-state index in [1.54, 1.807) is 0 Å². The Kier molecular flexibility index (Phi) is 8.25. The fraction of sp³-hybridized carbons (Fsp3) is 0.333. The summed E-state index contributed by atoms with van der Waals surface area (Å²) >= 11 is 0. The van der Waals surface area contributed by atoms with E-state index >= 15 is 0 Å².